The predicted molar refractivity (Wildman–Crippen MR) is 108 cm³/mol. The minimum absolute atomic E-state index is 0.313. The molecule has 3 rings (SSSR count). The van der Waals surface area contributed by atoms with Gasteiger partial charge in [-0.05, 0) is 48.9 Å². The van der Waals surface area contributed by atoms with E-state index >= 15 is 0 Å². The van der Waals surface area contributed by atoms with Crippen LogP contribution in [0, 0.1) is 0 Å². The highest BCUT2D eigenvalue weighted by Gasteiger charge is 2.13. The van der Waals surface area contributed by atoms with Crippen LogP contribution in [0.5, 0.6) is 5.75 Å². The quantitative estimate of drug-likeness (QED) is 0.533. The third kappa shape index (κ3) is 4.55. The third-order valence-corrected chi connectivity index (χ3v) is 4.84. The van der Waals surface area contributed by atoms with E-state index in [1.807, 2.05) is 29.6 Å². The second kappa shape index (κ2) is 8.54. The fourth-order valence-corrected chi connectivity index (χ4v) is 3.33. The number of hydrogen-bond donors (Lipinski definition) is 1. The summed E-state index contributed by atoms with van der Waals surface area (Å²) in [5.41, 5.74) is 2.05. The van der Waals surface area contributed by atoms with Crippen LogP contribution in [0.2, 0.25) is 10.0 Å². The number of thiazole rings is 1. The lowest BCUT2D eigenvalue weighted by molar-refractivity contribution is 0.102. The van der Waals surface area contributed by atoms with Crippen LogP contribution in [0.1, 0.15) is 23.7 Å². The molecule has 7 heteroatoms. The fourth-order valence-electron chi connectivity index (χ4n) is 2.24. The summed E-state index contributed by atoms with van der Waals surface area (Å²) in [7, 11) is 0. The second-order valence-corrected chi connectivity index (χ2v) is 7.19. The molecule has 0 radical (unpaired) electrons. The highest BCUT2D eigenvalue weighted by Crippen LogP contribution is 2.28. The van der Waals surface area contributed by atoms with E-state index in [9.17, 15) is 4.79 Å². The summed E-state index contributed by atoms with van der Waals surface area (Å²) in [5.74, 6) is 0.483. The zero-order chi connectivity index (χ0) is 18.5. The molecule has 1 aromatic heterocycles. The van der Waals surface area contributed by atoms with Gasteiger partial charge in [-0.1, -0.05) is 30.1 Å². The summed E-state index contributed by atoms with van der Waals surface area (Å²) in [6.45, 7) is 2.76. The summed E-state index contributed by atoms with van der Waals surface area (Å²) in [6.07, 6.45) is 0.966. The van der Waals surface area contributed by atoms with Gasteiger partial charge >= 0.3 is 0 Å². The van der Waals surface area contributed by atoms with Gasteiger partial charge < -0.3 is 4.74 Å². The molecule has 3 aromatic rings. The lowest BCUT2D eigenvalue weighted by Crippen LogP contribution is -2.12. The van der Waals surface area contributed by atoms with Gasteiger partial charge in [0.05, 0.1) is 22.9 Å². The van der Waals surface area contributed by atoms with Crippen LogP contribution >= 0.6 is 34.5 Å². The molecule has 0 atom stereocenters. The Morgan fingerprint density at radius 1 is 1.19 bits per heavy atom. The molecule has 134 valence electrons. The van der Waals surface area contributed by atoms with Crippen molar-refractivity contribution in [3.63, 3.8) is 0 Å². The number of carbonyl (C=O) groups excluding carboxylic acids is 1. The Hall–Kier alpha value is -2.08. The molecule has 0 fully saturated rings. The van der Waals surface area contributed by atoms with E-state index in [1.165, 1.54) is 17.4 Å². The van der Waals surface area contributed by atoms with Crippen LogP contribution in [0.15, 0.2) is 47.8 Å². The number of nitrogens with one attached hydrogen (secondary N) is 1. The summed E-state index contributed by atoms with van der Waals surface area (Å²) in [6, 6.07) is 12.5. The molecule has 26 heavy (non-hydrogen) atoms. The topological polar surface area (TPSA) is 51.2 Å². The SMILES string of the molecule is CCCOc1ccc(-c2csc(NC(=O)c3cc(Cl)ccc3Cl)n2)cc1. The standard InChI is InChI=1S/C19H16Cl2N2O2S/c1-2-9-25-14-6-3-12(4-7-14)17-11-26-19(22-17)23-18(24)15-10-13(20)5-8-16(15)21/h3-8,10-11H,2,9H2,1H3,(H,22,23,24). The van der Waals surface area contributed by atoms with Crippen molar-refractivity contribution >= 4 is 45.6 Å². The summed E-state index contributed by atoms with van der Waals surface area (Å²) in [5, 5.41) is 5.92. The van der Waals surface area contributed by atoms with Crippen LogP contribution in [0.25, 0.3) is 11.3 Å². The Labute approximate surface area is 165 Å². The fraction of sp³-hybridized carbons (Fsp3) is 0.158. The maximum absolute atomic E-state index is 12.4. The van der Waals surface area contributed by atoms with Gasteiger partial charge in [0.1, 0.15) is 5.75 Å². The van der Waals surface area contributed by atoms with Gasteiger partial charge in [-0.2, -0.15) is 0 Å². The Morgan fingerprint density at radius 2 is 1.96 bits per heavy atom. The first-order chi connectivity index (χ1) is 12.6. The molecule has 0 unspecified atom stereocenters. The minimum Gasteiger partial charge on any atom is -0.494 e. The molecule has 2 aromatic carbocycles. The Bertz CT molecular complexity index is 910. The largest absolute Gasteiger partial charge is 0.494 e. The Balaban J connectivity index is 1.71. The van der Waals surface area contributed by atoms with Crippen LogP contribution < -0.4 is 10.1 Å². The van der Waals surface area contributed by atoms with Crippen LogP contribution in [-0.4, -0.2) is 17.5 Å². The highest BCUT2D eigenvalue weighted by molar-refractivity contribution is 7.14. The molecule has 1 amide bonds. The van der Waals surface area contributed by atoms with Gasteiger partial charge in [-0.15, -0.1) is 11.3 Å². The maximum atomic E-state index is 12.4. The molecule has 0 bridgehead atoms. The normalized spacial score (nSPS) is 10.6. The van der Waals surface area contributed by atoms with E-state index in [2.05, 4.69) is 17.2 Å². The number of aromatic nitrogens is 1. The van der Waals surface area contributed by atoms with Crippen molar-refractivity contribution in [3.8, 4) is 17.0 Å². The first kappa shape index (κ1) is 18.7. The lowest BCUT2D eigenvalue weighted by atomic mass is 10.2. The smallest absolute Gasteiger partial charge is 0.259 e. The van der Waals surface area contributed by atoms with E-state index in [-0.39, 0.29) is 5.91 Å². The number of rotatable bonds is 6. The summed E-state index contributed by atoms with van der Waals surface area (Å²) < 4.78 is 5.58. The van der Waals surface area contributed by atoms with Gasteiger partial charge in [0.15, 0.2) is 5.13 Å². The zero-order valence-corrected chi connectivity index (χ0v) is 16.3. The number of amides is 1. The lowest BCUT2D eigenvalue weighted by Gasteiger charge is -2.05. The van der Waals surface area contributed by atoms with E-state index in [1.54, 1.807) is 12.1 Å². The Morgan fingerprint density at radius 3 is 2.69 bits per heavy atom. The molecule has 1 heterocycles. The van der Waals surface area contributed by atoms with Crippen LogP contribution in [-0.2, 0) is 0 Å². The van der Waals surface area contributed by atoms with E-state index in [0.29, 0.717) is 27.3 Å². The van der Waals surface area contributed by atoms with Crippen molar-refractivity contribution in [1.29, 1.82) is 0 Å². The zero-order valence-electron chi connectivity index (χ0n) is 14.0. The molecule has 0 spiro atoms. The van der Waals surface area contributed by atoms with Gasteiger partial charge in [0.2, 0.25) is 0 Å². The molecular weight excluding hydrogens is 391 g/mol. The number of halogens is 2. The van der Waals surface area contributed by atoms with Gasteiger partial charge in [-0.3, -0.25) is 10.1 Å². The molecule has 1 N–H and O–H groups in total. The van der Waals surface area contributed by atoms with Crippen molar-refractivity contribution in [2.24, 2.45) is 0 Å². The average molecular weight is 407 g/mol. The molecular formula is C19H16Cl2N2O2S. The molecule has 4 nitrogen and oxygen atoms in total. The number of benzene rings is 2. The summed E-state index contributed by atoms with van der Waals surface area (Å²) in [4.78, 5) is 16.8. The minimum atomic E-state index is -0.346. The van der Waals surface area contributed by atoms with Gasteiger partial charge in [-0.25, -0.2) is 4.98 Å². The van der Waals surface area contributed by atoms with Crippen molar-refractivity contribution in [2.75, 3.05) is 11.9 Å². The van der Waals surface area contributed by atoms with Gasteiger partial charge in [0.25, 0.3) is 5.91 Å². The van der Waals surface area contributed by atoms with Crippen molar-refractivity contribution in [2.45, 2.75) is 13.3 Å². The molecule has 0 saturated heterocycles. The second-order valence-electron chi connectivity index (χ2n) is 5.49. The number of nitrogens with zero attached hydrogens (tertiary/aromatic N) is 1. The van der Waals surface area contributed by atoms with Crippen LogP contribution in [0.4, 0.5) is 5.13 Å². The third-order valence-electron chi connectivity index (χ3n) is 3.52. The molecule has 0 aliphatic heterocycles. The predicted octanol–water partition coefficient (Wildman–Crippen LogP) is 6.16. The van der Waals surface area contributed by atoms with Crippen molar-refractivity contribution in [3.05, 3.63) is 63.5 Å². The van der Waals surface area contributed by atoms with Crippen molar-refractivity contribution < 1.29 is 9.53 Å². The van der Waals surface area contributed by atoms with E-state index in [4.69, 9.17) is 27.9 Å². The molecule has 0 aliphatic carbocycles. The van der Waals surface area contributed by atoms with Gasteiger partial charge in [0, 0.05) is 16.0 Å². The molecule has 0 aliphatic rings. The maximum Gasteiger partial charge on any atom is 0.259 e. The summed E-state index contributed by atoms with van der Waals surface area (Å²) >= 11 is 13.3. The number of carbonyl (C=O) groups is 1. The first-order valence-electron chi connectivity index (χ1n) is 8.02. The first-order valence-corrected chi connectivity index (χ1v) is 9.65. The van der Waals surface area contributed by atoms with E-state index < -0.39 is 0 Å². The van der Waals surface area contributed by atoms with Crippen LogP contribution in [0.3, 0.4) is 0 Å². The highest BCUT2D eigenvalue weighted by atomic mass is 35.5. The Kier molecular flexibility index (Phi) is 6.14. The number of anilines is 1. The number of hydrogen-bond acceptors (Lipinski definition) is 4. The van der Waals surface area contributed by atoms with Crippen molar-refractivity contribution in [1.82, 2.24) is 4.98 Å². The van der Waals surface area contributed by atoms with E-state index in [0.717, 1.165) is 23.4 Å². The number of ether oxygens (including phenoxy) is 1. The average Bonchev–Trinajstić information content (AvgIpc) is 3.10. The monoisotopic (exact) mass is 406 g/mol. The molecule has 0 saturated carbocycles.